The van der Waals surface area contributed by atoms with Crippen LogP contribution in [-0.2, 0) is 9.53 Å². The van der Waals surface area contributed by atoms with Crippen LogP contribution in [0.2, 0.25) is 0 Å². The van der Waals surface area contributed by atoms with E-state index in [9.17, 15) is 4.79 Å². The summed E-state index contributed by atoms with van der Waals surface area (Å²) in [5.74, 6) is -0.0573. The molecule has 1 aliphatic rings. The van der Waals surface area contributed by atoms with E-state index in [4.69, 9.17) is 4.74 Å². The van der Waals surface area contributed by atoms with Crippen molar-refractivity contribution >= 4 is 63.1 Å². The molecule has 0 aliphatic carbocycles. The standard InChI is InChI=1S/C16H9I2NO2/c17-12-5-1-3-10(7-12)8-14-16(20)21-15(19-14)11-4-2-6-13(18)9-11/h1-9H/b14-8-. The summed E-state index contributed by atoms with van der Waals surface area (Å²) in [5, 5.41) is 0. The lowest BCUT2D eigenvalue weighted by Gasteiger charge is -1.99. The lowest BCUT2D eigenvalue weighted by atomic mass is 10.2. The highest BCUT2D eigenvalue weighted by molar-refractivity contribution is 14.1. The van der Waals surface area contributed by atoms with Crippen LogP contribution in [0.5, 0.6) is 0 Å². The predicted octanol–water partition coefficient (Wildman–Crippen LogP) is 4.24. The summed E-state index contributed by atoms with van der Waals surface area (Å²) < 4.78 is 7.43. The second-order valence-electron chi connectivity index (χ2n) is 4.40. The number of hydrogen-bond donors (Lipinski definition) is 0. The van der Waals surface area contributed by atoms with Gasteiger partial charge in [0.25, 0.3) is 0 Å². The Morgan fingerprint density at radius 1 is 1.00 bits per heavy atom. The number of nitrogens with zero attached hydrogens (tertiary/aromatic N) is 1. The molecule has 1 aliphatic heterocycles. The van der Waals surface area contributed by atoms with Gasteiger partial charge in [-0.2, -0.15) is 0 Å². The fourth-order valence-electron chi connectivity index (χ4n) is 1.91. The molecule has 0 bridgehead atoms. The van der Waals surface area contributed by atoms with Gasteiger partial charge in [0.1, 0.15) is 0 Å². The average Bonchev–Trinajstić information content (AvgIpc) is 2.80. The van der Waals surface area contributed by atoms with Gasteiger partial charge < -0.3 is 4.74 Å². The quantitative estimate of drug-likeness (QED) is 0.351. The number of esters is 1. The van der Waals surface area contributed by atoms with Gasteiger partial charge in [0.2, 0.25) is 5.90 Å². The Morgan fingerprint density at radius 3 is 2.43 bits per heavy atom. The Bertz CT molecular complexity index is 781. The van der Waals surface area contributed by atoms with E-state index in [0.29, 0.717) is 11.6 Å². The molecule has 0 saturated carbocycles. The summed E-state index contributed by atoms with van der Waals surface area (Å²) in [7, 11) is 0. The minimum atomic E-state index is -0.414. The van der Waals surface area contributed by atoms with Gasteiger partial charge in [0, 0.05) is 12.7 Å². The van der Waals surface area contributed by atoms with Gasteiger partial charge in [-0.3, -0.25) is 0 Å². The number of cyclic esters (lactones) is 1. The Labute approximate surface area is 149 Å². The Kier molecular flexibility index (Phi) is 4.39. The van der Waals surface area contributed by atoms with Crippen LogP contribution in [0.3, 0.4) is 0 Å². The first kappa shape index (κ1) is 14.7. The van der Waals surface area contributed by atoms with Crippen LogP contribution in [0.15, 0.2) is 59.2 Å². The molecular weight excluding hydrogens is 492 g/mol. The third kappa shape index (κ3) is 3.52. The maximum Gasteiger partial charge on any atom is 0.363 e. The molecule has 3 rings (SSSR count). The zero-order valence-corrected chi connectivity index (χ0v) is 15.0. The van der Waals surface area contributed by atoms with E-state index in [1.807, 2.05) is 48.5 Å². The smallest absolute Gasteiger partial charge is 0.363 e. The summed E-state index contributed by atoms with van der Waals surface area (Å²) in [6, 6.07) is 15.6. The predicted molar refractivity (Wildman–Crippen MR) is 98.9 cm³/mol. The fourth-order valence-corrected chi connectivity index (χ4v) is 3.02. The van der Waals surface area contributed by atoms with Crippen molar-refractivity contribution in [2.45, 2.75) is 0 Å². The molecule has 21 heavy (non-hydrogen) atoms. The number of ether oxygens (including phenoxy) is 1. The van der Waals surface area contributed by atoms with Crippen molar-refractivity contribution in [3.05, 3.63) is 72.5 Å². The molecule has 2 aromatic carbocycles. The van der Waals surface area contributed by atoms with Gasteiger partial charge in [-0.15, -0.1) is 0 Å². The summed E-state index contributed by atoms with van der Waals surface area (Å²) in [5.41, 5.74) is 2.06. The van der Waals surface area contributed by atoms with E-state index >= 15 is 0 Å². The van der Waals surface area contributed by atoms with Gasteiger partial charge >= 0.3 is 5.97 Å². The number of hydrogen-bond acceptors (Lipinski definition) is 3. The zero-order valence-electron chi connectivity index (χ0n) is 10.7. The molecule has 3 nitrogen and oxygen atoms in total. The van der Waals surface area contributed by atoms with Crippen molar-refractivity contribution in [2.24, 2.45) is 4.99 Å². The van der Waals surface area contributed by atoms with E-state index in [0.717, 1.165) is 18.3 Å². The lowest BCUT2D eigenvalue weighted by molar-refractivity contribution is -0.129. The van der Waals surface area contributed by atoms with Crippen LogP contribution < -0.4 is 0 Å². The first-order valence-corrected chi connectivity index (χ1v) is 8.32. The molecule has 0 N–H and O–H groups in total. The topological polar surface area (TPSA) is 38.7 Å². The van der Waals surface area contributed by atoms with Crippen molar-refractivity contribution in [2.75, 3.05) is 0 Å². The molecule has 0 amide bonds. The first-order chi connectivity index (χ1) is 10.1. The number of halogens is 2. The first-order valence-electron chi connectivity index (χ1n) is 6.16. The minimum Gasteiger partial charge on any atom is -0.402 e. The molecule has 0 radical (unpaired) electrons. The third-order valence-electron chi connectivity index (χ3n) is 2.84. The van der Waals surface area contributed by atoms with Crippen molar-refractivity contribution in [1.82, 2.24) is 0 Å². The Hall–Kier alpha value is -1.22. The maximum absolute atomic E-state index is 11.9. The van der Waals surface area contributed by atoms with Crippen LogP contribution in [0.1, 0.15) is 11.1 Å². The number of carbonyl (C=O) groups excluding carboxylic acids is 1. The van der Waals surface area contributed by atoms with Gasteiger partial charge in [-0.05, 0) is 87.2 Å². The van der Waals surface area contributed by atoms with E-state index in [1.54, 1.807) is 6.08 Å². The zero-order chi connectivity index (χ0) is 14.8. The van der Waals surface area contributed by atoms with Gasteiger partial charge in [-0.1, -0.05) is 18.2 Å². The minimum absolute atomic E-state index is 0.325. The largest absolute Gasteiger partial charge is 0.402 e. The van der Waals surface area contributed by atoms with Crippen LogP contribution in [-0.4, -0.2) is 11.9 Å². The SMILES string of the molecule is O=C1OC(c2cccc(I)c2)=N/C1=C\c1cccc(I)c1. The highest BCUT2D eigenvalue weighted by Crippen LogP contribution is 2.20. The maximum atomic E-state index is 11.9. The summed E-state index contributed by atoms with van der Waals surface area (Å²) >= 11 is 4.45. The molecule has 104 valence electrons. The third-order valence-corrected chi connectivity index (χ3v) is 4.19. The van der Waals surface area contributed by atoms with E-state index in [1.165, 1.54) is 0 Å². The van der Waals surface area contributed by atoms with Crippen molar-refractivity contribution < 1.29 is 9.53 Å². The molecule has 2 aromatic rings. The van der Waals surface area contributed by atoms with Crippen LogP contribution >= 0.6 is 45.2 Å². The van der Waals surface area contributed by atoms with E-state index in [2.05, 4.69) is 50.2 Å². The average molecular weight is 501 g/mol. The van der Waals surface area contributed by atoms with E-state index in [-0.39, 0.29) is 0 Å². The van der Waals surface area contributed by atoms with Gasteiger partial charge in [0.15, 0.2) is 5.70 Å². The van der Waals surface area contributed by atoms with Crippen molar-refractivity contribution in [3.8, 4) is 0 Å². The second-order valence-corrected chi connectivity index (χ2v) is 6.89. The highest BCUT2D eigenvalue weighted by Gasteiger charge is 2.24. The van der Waals surface area contributed by atoms with Crippen LogP contribution in [0.25, 0.3) is 6.08 Å². The molecule has 0 unspecified atom stereocenters. The van der Waals surface area contributed by atoms with Crippen molar-refractivity contribution in [1.29, 1.82) is 0 Å². The molecular formula is C16H9I2NO2. The Morgan fingerprint density at radius 2 is 1.71 bits per heavy atom. The molecule has 1 heterocycles. The van der Waals surface area contributed by atoms with Crippen LogP contribution in [0, 0.1) is 7.14 Å². The normalized spacial score (nSPS) is 16.0. The summed E-state index contributed by atoms with van der Waals surface area (Å²) in [6.07, 6.45) is 1.74. The molecule has 0 atom stereocenters. The van der Waals surface area contributed by atoms with Gasteiger partial charge in [-0.25, -0.2) is 9.79 Å². The monoisotopic (exact) mass is 501 g/mol. The highest BCUT2D eigenvalue weighted by atomic mass is 127. The van der Waals surface area contributed by atoms with E-state index < -0.39 is 5.97 Å². The summed E-state index contributed by atoms with van der Waals surface area (Å²) in [4.78, 5) is 16.2. The number of rotatable bonds is 2. The second kappa shape index (κ2) is 6.27. The number of benzene rings is 2. The van der Waals surface area contributed by atoms with Crippen molar-refractivity contribution in [3.63, 3.8) is 0 Å². The molecule has 5 heteroatoms. The lowest BCUT2D eigenvalue weighted by Crippen LogP contribution is -2.05. The molecule has 0 spiro atoms. The molecule has 0 fully saturated rings. The molecule has 0 saturated heterocycles. The van der Waals surface area contributed by atoms with Gasteiger partial charge in [0.05, 0.1) is 0 Å². The fraction of sp³-hybridized carbons (Fsp3) is 0. The summed E-state index contributed by atoms with van der Waals surface area (Å²) in [6.45, 7) is 0. The molecule has 0 aromatic heterocycles. The Balaban J connectivity index is 1.95. The van der Waals surface area contributed by atoms with Crippen LogP contribution in [0.4, 0.5) is 0 Å². The number of carbonyl (C=O) groups is 1. The number of aliphatic imine (C=N–C) groups is 1.